The lowest BCUT2D eigenvalue weighted by Gasteiger charge is -2.00. The van der Waals surface area contributed by atoms with Crippen molar-refractivity contribution in [2.75, 3.05) is 25.9 Å². The minimum absolute atomic E-state index is 0.153. The molecule has 0 saturated carbocycles. The number of rotatable bonds is 7. The summed E-state index contributed by atoms with van der Waals surface area (Å²) in [6, 6.07) is 0. The highest BCUT2D eigenvalue weighted by atomic mass is 31.1. The molecule has 0 aliphatic carbocycles. The molecule has 0 aliphatic heterocycles. The maximum absolute atomic E-state index is 10.9. The molecule has 0 aromatic heterocycles. The molecule has 13 heavy (non-hydrogen) atoms. The third kappa shape index (κ3) is 6.60. The molecule has 0 fully saturated rings. The zero-order chi connectivity index (χ0) is 10.3. The van der Waals surface area contributed by atoms with E-state index in [0.717, 1.165) is 0 Å². The van der Waals surface area contributed by atoms with Crippen molar-refractivity contribution in [3.63, 3.8) is 0 Å². The summed E-state index contributed by atoms with van der Waals surface area (Å²) in [6.45, 7) is -0.614. The van der Waals surface area contributed by atoms with Crippen molar-refractivity contribution in [1.82, 2.24) is 0 Å². The normalized spacial score (nSPS) is 12.5. The second-order valence-electron chi connectivity index (χ2n) is 2.32. The number of Topliss-reactive ketones (excluding diaryl/α,β-unsaturated/α-hetero) is 2. The molecule has 0 aromatic rings. The molecule has 1 unspecified atom stereocenters. The van der Waals surface area contributed by atoms with Crippen LogP contribution < -0.4 is 11.5 Å². The topological polar surface area (TPSA) is 112 Å². The van der Waals surface area contributed by atoms with E-state index in [1.54, 1.807) is 0 Å². The van der Waals surface area contributed by atoms with Crippen LogP contribution in [0.3, 0.4) is 0 Å². The van der Waals surface area contributed by atoms with E-state index in [9.17, 15) is 14.2 Å². The third-order valence-electron chi connectivity index (χ3n) is 1.19. The van der Waals surface area contributed by atoms with Gasteiger partial charge in [-0.05, 0) is 0 Å². The number of hydrogen-bond donors (Lipinski definition) is 2. The van der Waals surface area contributed by atoms with E-state index >= 15 is 0 Å². The van der Waals surface area contributed by atoms with Crippen LogP contribution in [0.1, 0.15) is 0 Å². The average Bonchev–Trinajstić information content (AvgIpc) is 2.13. The number of carbonyl (C=O) groups excluding carboxylic acids is 2. The van der Waals surface area contributed by atoms with Gasteiger partial charge in [0.05, 0.1) is 19.3 Å². The highest BCUT2D eigenvalue weighted by molar-refractivity contribution is 7.40. The van der Waals surface area contributed by atoms with Crippen LogP contribution in [0, 0.1) is 0 Å². The molecule has 7 heteroatoms. The summed E-state index contributed by atoms with van der Waals surface area (Å²) >= 11 is 0. The predicted octanol–water partition coefficient (Wildman–Crippen LogP) is -1.47. The van der Waals surface area contributed by atoms with Crippen LogP contribution in [0.25, 0.3) is 0 Å². The zero-order valence-electron chi connectivity index (χ0n) is 7.12. The molecule has 0 saturated heterocycles. The van der Waals surface area contributed by atoms with E-state index in [-0.39, 0.29) is 37.4 Å². The molecular weight excluding hydrogens is 195 g/mol. The Kier molecular flexibility index (Phi) is 6.62. The fourth-order valence-corrected chi connectivity index (χ4v) is 1.39. The Hall–Kier alpha value is -0.550. The second-order valence-corrected chi connectivity index (χ2v) is 3.71. The summed E-state index contributed by atoms with van der Waals surface area (Å²) in [5.41, 5.74) is 9.97. The molecule has 0 amide bonds. The molecular formula is C6H13N2O4P. The van der Waals surface area contributed by atoms with Gasteiger partial charge in [0.2, 0.25) is 0 Å². The molecule has 0 aliphatic rings. The van der Waals surface area contributed by atoms with Gasteiger partial charge in [-0.1, -0.05) is 0 Å². The number of carbonyl (C=O) groups is 2. The molecule has 76 valence electrons. The first-order valence-corrected chi connectivity index (χ1v) is 5.21. The van der Waals surface area contributed by atoms with E-state index in [0.29, 0.717) is 0 Å². The first-order chi connectivity index (χ1) is 6.10. The minimum Gasteiger partial charge on any atom is -0.324 e. The lowest BCUT2D eigenvalue weighted by Crippen LogP contribution is -2.19. The van der Waals surface area contributed by atoms with E-state index in [1.807, 2.05) is 0 Å². The smallest absolute Gasteiger partial charge is 0.199 e. The first-order valence-electron chi connectivity index (χ1n) is 3.69. The van der Waals surface area contributed by atoms with Gasteiger partial charge in [-0.25, -0.2) is 0 Å². The second kappa shape index (κ2) is 6.91. The van der Waals surface area contributed by atoms with Gasteiger partial charge in [0.1, 0.15) is 6.61 Å². The Morgan fingerprint density at radius 2 is 1.69 bits per heavy atom. The van der Waals surface area contributed by atoms with E-state index in [4.69, 9.17) is 11.5 Å². The lowest BCUT2D eigenvalue weighted by molar-refractivity contribution is -0.120. The largest absolute Gasteiger partial charge is 0.324 e. The molecule has 1 atom stereocenters. The standard InChI is InChI=1S/C6H13N2O4P/c7-1-5(9)3-12-13(11)4-6(10)2-8/h13H,1-4,7-8H2. The minimum atomic E-state index is -2.46. The molecule has 0 radical (unpaired) electrons. The number of ketones is 2. The maximum atomic E-state index is 10.9. The SMILES string of the molecule is NCC(=O)CO[PH](=O)CC(=O)CN. The van der Waals surface area contributed by atoms with Gasteiger partial charge >= 0.3 is 0 Å². The highest BCUT2D eigenvalue weighted by Gasteiger charge is 2.08. The van der Waals surface area contributed by atoms with Gasteiger partial charge in [0, 0.05) is 0 Å². The summed E-state index contributed by atoms with van der Waals surface area (Å²) in [5.74, 6) is -0.692. The summed E-state index contributed by atoms with van der Waals surface area (Å²) in [6.07, 6.45) is -0.209. The maximum Gasteiger partial charge on any atom is 0.199 e. The molecule has 0 spiro atoms. The molecule has 0 heterocycles. The number of hydrogen-bond acceptors (Lipinski definition) is 6. The first kappa shape index (κ1) is 12.4. The van der Waals surface area contributed by atoms with Crippen molar-refractivity contribution in [2.24, 2.45) is 11.5 Å². The monoisotopic (exact) mass is 208 g/mol. The van der Waals surface area contributed by atoms with Crippen LogP contribution >= 0.6 is 8.03 Å². The van der Waals surface area contributed by atoms with Crippen LogP contribution in [0.2, 0.25) is 0 Å². The summed E-state index contributed by atoms with van der Waals surface area (Å²) in [4.78, 5) is 21.2. The lowest BCUT2D eigenvalue weighted by atomic mass is 10.4. The van der Waals surface area contributed by atoms with Crippen LogP contribution in [0.5, 0.6) is 0 Å². The zero-order valence-corrected chi connectivity index (χ0v) is 8.12. The van der Waals surface area contributed by atoms with Crippen molar-refractivity contribution in [2.45, 2.75) is 0 Å². The molecule has 0 aromatic carbocycles. The summed E-state index contributed by atoms with van der Waals surface area (Å²) in [7, 11) is -2.46. The Morgan fingerprint density at radius 3 is 2.15 bits per heavy atom. The summed E-state index contributed by atoms with van der Waals surface area (Å²) in [5, 5.41) is 0. The van der Waals surface area contributed by atoms with Crippen LogP contribution in [-0.4, -0.2) is 37.4 Å². The molecule has 0 rings (SSSR count). The molecule has 0 bridgehead atoms. The van der Waals surface area contributed by atoms with Gasteiger partial charge in [0.25, 0.3) is 0 Å². The highest BCUT2D eigenvalue weighted by Crippen LogP contribution is 2.20. The van der Waals surface area contributed by atoms with E-state index in [2.05, 4.69) is 4.52 Å². The Balaban J connectivity index is 3.63. The fraction of sp³-hybridized carbons (Fsp3) is 0.667. The number of nitrogens with two attached hydrogens (primary N) is 2. The molecule has 6 nitrogen and oxygen atoms in total. The van der Waals surface area contributed by atoms with E-state index < -0.39 is 8.03 Å². The van der Waals surface area contributed by atoms with Crippen LogP contribution in [0.15, 0.2) is 0 Å². The van der Waals surface area contributed by atoms with Crippen molar-refractivity contribution in [1.29, 1.82) is 0 Å². The summed E-state index contributed by atoms with van der Waals surface area (Å²) < 4.78 is 15.5. The average molecular weight is 208 g/mol. The Labute approximate surface area is 76.5 Å². The third-order valence-corrected chi connectivity index (χ3v) is 2.34. The fourth-order valence-electron chi connectivity index (χ4n) is 0.504. The van der Waals surface area contributed by atoms with Crippen molar-refractivity contribution in [3.05, 3.63) is 0 Å². The Bertz CT molecular complexity index is 219. The predicted molar refractivity (Wildman–Crippen MR) is 47.9 cm³/mol. The van der Waals surface area contributed by atoms with Gasteiger partial charge in [-0.2, -0.15) is 0 Å². The van der Waals surface area contributed by atoms with Gasteiger partial charge in [-0.15, -0.1) is 0 Å². The quantitative estimate of drug-likeness (QED) is 0.494. The van der Waals surface area contributed by atoms with Gasteiger partial charge < -0.3 is 16.0 Å². The van der Waals surface area contributed by atoms with Crippen LogP contribution in [0.4, 0.5) is 0 Å². The van der Waals surface area contributed by atoms with Crippen molar-refractivity contribution < 1.29 is 18.7 Å². The van der Waals surface area contributed by atoms with Gasteiger partial charge in [0.15, 0.2) is 19.6 Å². The van der Waals surface area contributed by atoms with Crippen LogP contribution in [-0.2, 0) is 18.7 Å². The van der Waals surface area contributed by atoms with Crippen molar-refractivity contribution in [3.8, 4) is 0 Å². The van der Waals surface area contributed by atoms with E-state index in [1.165, 1.54) is 0 Å². The van der Waals surface area contributed by atoms with Crippen molar-refractivity contribution >= 4 is 19.6 Å². The van der Waals surface area contributed by atoms with Gasteiger partial charge in [-0.3, -0.25) is 14.2 Å². The molecule has 4 N–H and O–H groups in total. The Morgan fingerprint density at radius 1 is 1.15 bits per heavy atom.